The summed E-state index contributed by atoms with van der Waals surface area (Å²) in [4.78, 5) is 24.3. The number of amides is 2. The Kier molecular flexibility index (Phi) is 5.92. The zero-order valence-electron chi connectivity index (χ0n) is 13.3. The van der Waals surface area contributed by atoms with Crippen molar-refractivity contribution in [1.29, 1.82) is 0 Å². The maximum Gasteiger partial charge on any atom is 0.263 e. The maximum atomic E-state index is 12.1. The van der Waals surface area contributed by atoms with Crippen molar-refractivity contribution < 1.29 is 14.3 Å². The van der Waals surface area contributed by atoms with Gasteiger partial charge in [0.1, 0.15) is 10.1 Å². The topological polar surface area (TPSA) is 67.4 Å². The number of hydrogen-bond acceptors (Lipinski definition) is 5. The first-order valence-electron chi connectivity index (χ1n) is 7.53. The smallest absolute Gasteiger partial charge is 0.263 e. The lowest BCUT2D eigenvalue weighted by molar-refractivity contribution is -0.118. The first-order valence-corrected chi connectivity index (χ1v) is 9.13. The van der Waals surface area contributed by atoms with E-state index in [2.05, 4.69) is 10.6 Å². The van der Waals surface area contributed by atoms with Crippen LogP contribution in [0.3, 0.4) is 0 Å². The Morgan fingerprint density at radius 2 is 1.96 bits per heavy atom. The summed E-state index contributed by atoms with van der Waals surface area (Å²) in [6.07, 6.45) is 1.69. The van der Waals surface area contributed by atoms with Gasteiger partial charge in [-0.1, -0.05) is 53.8 Å². The van der Waals surface area contributed by atoms with Crippen molar-refractivity contribution in [2.45, 2.75) is 0 Å². The van der Waals surface area contributed by atoms with Crippen molar-refractivity contribution in [3.8, 4) is 5.75 Å². The van der Waals surface area contributed by atoms with Gasteiger partial charge in [0, 0.05) is 16.3 Å². The Hall–Kier alpha value is -2.35. The van der Waals surface area contributed by atoms with Crippen LogP contribution in [0.25, 0.3) is 6.08 Å². The molecule has 0 aromatic heterocycles. The number of para-hydroxylation sites is 1. The van der Waals surface area contributed by atoms with Crippen LogP contribution in [-0.4, -0.2) is 22.7 Å². The average molecular weight is 405 g/mol. The molecular formula is C18H13ClN2O3S2. The maximum absolute atomic E-state index is 12.1. The van der Waals surface area contributed by atoms with Gasteiger partial charge in [0.25, 0.3) is 11.8 Å². The highest BCUT2D eigenvalue weighted by molar-refractivity contribution is 8.26. The number of nitrogens with one attached hydrogen (secondary N) is 2. The van der Waals surface area contributed by atoms with Gasteiger partial charge in [0.05, 0.1) is 4.91 Å². The first-order chi connectivity index (χ1) is 12.5. The van der Waals surface area contributed by atoms with Crippen LogP contribution >= 0.6 is 35.6 Å². The van der Waals surface area contributed by atoms with Crippen LogP contribution in [0, 0.1) is 0 Å². The second-order valence-electron chi connectivity index (χ2n) is 5.23. The quantitative estimate of drug-likeness (QED) is 0.585. The van der Waals surface area contributed by atoms with Crippen LogP contribution in [-0.2, 0) is 9.59 Å². The highest BCUT2D eigenvalue weighted by Crippen LogP contribution is 2.29. The number of thiocarbonyl (C=S) groups is 1. The molecule has 0 radical (unpaired) electrons. The van der Waals surface area contributed by atoms with Crippen LogP contribution < -0.4 is 15.4 Å². The fourth-order valence-electron chi connectivity index (χ4n) is 2.17. The average Bonchev–Trinajstić information content (AvgIpc) is 2.93. The Balaban J connectivity index is 1.66. The number of halogens is 1. The molecule has 3 rings (SSSR count). The van der Waals surface area contributed by atoms with Gasteiger partial charge >= 0.3 is 0 Å². The third-order valence-electron chi connectivity index (χ3n) is 3.33. The van der Waals surface area contributed by atoms with Crippen molar-refractivity contribution in [3.63, 3.8) is 0 Å². The largest absolute Gasteiger partial charge is 0.483 e. The van der Waals surface area contributed by atoms with Gasteiger partial charge in [0.15, 0.2) is 6.61 Å². The third-order valence-corrected chi connectivity index (χ3v) is 4.75. The van der Waals surface area contributed by atoms with Crippen molar-refractivity contribution in [1.82, 2.24) is 5.32 Å². The van der Waals surface area contributed by atoms with Crippen LogP contribution in [0.2, 0.25) is 5.02 Å². The van der Waals surface area contributed by atoms with Crippen LogP contribution in [0.1, 0.15) is 5.56 Å². The summed E-state index contributed by atoms with van der Waals surface area (Å²) in [5.41, 5.74) is 1.32. The molecule has 1 heterocycles. The molecule has 0 aliphatic carbocycles. The lowest BCUT2D eigenvalue weighted by atomic mass is 10.2. The summed E-state index contributed by atoms with van der Waals surface area (Å²) in [5.74, 6) is -0.0447. The number of ether oxygens (including phenoxy) is 1. The molecule has 132 valence electrons. The van der Waals surface area contributed by atoms with E-state index in [1.165, 1.54) is 11.8 Å². The molecule has 26 heavy (non-hydrogen) atoms. The molecule has 0 bridgehead atoms. The van der Waals surface area contributed by atoms with Gasteiger partial charge < -0.3 is 15.4 Å². The minimum absolute atomic E-state index is 0.166. The molecular weight excluding hydrogens is 392 g/mol. The van der Waals surface area contributed by atoms with Gasteiger partial charge in [-0.15, -0.1) is 0 Å². The molecule has 0 spiro atoms. The molecule has 2 aromatic rings. The van der Waals surface area contributed by atoms with Gasteiger partial charge in [-0.25, -0.2) is 0 Å². The lowest BCUT2D eigenvalue weighted by Crippen LogP contribution is -2.20. The Bertz CT molecular complexity index is 898. The summed E-state index contributed by atoms with van der Waals surface area (Å²) >= 11 is 12.0. The normalized spacial score (nSPS) is 15.0. The van der Waals surface area contributed by atoms with Crippen molar-refractivity contribution in [2.24, 2.45) is 0 Å². The zero-order valence-corrected chi connectivity index (χ0v) is 15.7. The molecule has 2 aromatic carbocycles. The molecule has 0 saturated carbocycles. The zero-order chi connectivity index (χ0) is 18.5. The number of benzene rings is 2. The molecule has 1 aliphatic rings. The summed E-state index contributed by atoms with van der Waals surface area (Å²) in [5, 5.41) is 5.87. The van der Waals surface area contributed by atoms with E-state index in [-0.39, 0.29) is 18.4 Å². The molecule has 1 fully saturated rings. The summed E-state index contributed by atoms with van der Waals surface area (Å²) in [7, 11) is 0. The van der Waals surface area contributed by atoms with E-state index >= 15 is 0 Å². The summed E-state index contributed by atoms with van der Waals surface area (Å²) in [6, 6.07) is 13.9. The van der Waals surface area contributed by atoms with Gasteiger partial charge in [-0.05, 0) is 36.4 Å². The number of anilines is 1. The fourth-order valence-corrected chi connectivity index (χ4v) is 3.33. The molecule has 0 atom stereocenters. The van der Waals surface area contributed by atoms with Crippen LogP contribution in [0.5, 0.6) is 5.75 Å². The molecule has 1 aliphatic heterocycles. The SMILES string of the molecule is O=C(COc1ccccc1/C=C1\SC(=S)NC1=O)Nc1ccc(Cl)cc1. The van der Waals surface area contributed by atoms with Crippen molar-refractivity contribution >= 4 is 63.5 Å². The minimum atomic E-state index is -0.302. The van der Waals surface area contributed by atoms with Crippen LogP contribution in [0.15, 0.2) is 53.4 Å². The van der Waals surface area contributed by atoms with Crippen LogP contribution in [0.4, 0.5) is 5.69 Å². The predicted molar refractivity (Wildman–Crippen MR) is 108 cm³/mol. The standard InChI is InChI=1S/C18H13ClN2O3S2/c19-12-5-7-13(8-6-12)20-16(22)10-24-14-4-2-1-3-11(14)9-15-17(23)21-18(25)26-15/h1-9H,10H2,(H,20,22)(H,21,23,25)/b15-9-. The van der Waals surface area contributed by atoms with Gasteiger partial charge in [0.2, 0.25) is 0 Å². The number of rotatable bonds is 5. The van der Waals surface area contributed by atoms with E-state index in [4.69, 9.17) is 28.6 Å². The van der Waals surface area contributed by atoms with E-state index in [0.717, 1.165) is 0 Å². The summed E-state index contributed by atoms with van der Waals surface area (Å²) in [6.45, 7) is -0.166. The molecule has 8 heteroatoms. The predicted octanol–water partition coefficient (Wildman–Crippen LogP) is 3.85. The molecule has 1 saturated heterocycles. The van der Waals surface area contributed by atoms with Gasteiger partial charge in [-0.3, -0.25) is 9.59 Å². The third kappa shape index (κ3) is 4.85. The van der Waals surface area contributed by atoms with E-state index < -0.39 is 0 Å². The number of carbonyl (C=O) groups excluding carboxylic acids is 2. The molecule has 0 unspecified atom stereocenters. The highest BCUT2D eigenvalue weighted by atomic mass is 35.5. The molecule has 5 nitrogen and oxygen atoms in total. The van der Waals surface area contributed by atoms with Gasteiger partial charge in [-0.2, -0.15) is 0 Å². The molecule has 2 N–H and O–H groups in total. The Labute approximate surface area is 164 Å². The first kappa shape index (κ1) is 18.4. The van der Waals surface area contributed by atoms with Crippen molar-refractivity contribution in [2.75, 3.05) is 11.9 Å². The highest BCUT2D eigenvalue weighted by Gasteiger charge is 2.22. The minimum Gasteiger partial charge on any atom is -0.483 e. The number of carbonyl (C=O) groups is 2. The second-order valence-corrected chi connectivity index (χ2v) is 7.39. The monoisotopic (exact) mass is 404 g/mol. The number of hydrogen-bond donors (Lipinski definition) is 2. The molecule has 2 amide bonds. The van der Waals surface area contributed by atoms with E-state index in [1.807, 2.05) is 6.07 Å². The van der Waals surface area contributed by atoms with E-state index in [0.29, 0.717) is 31.2 Å². The fraction of sp³-hybridized carbons (Fsp3) is 0.0556. The van der Waals surface area contributed by atoms with E-state index in [9.17, 15) is 9.59 Å². The lowest BCUT2D eigenvalue weighted by Gasteiger charge is -2.10. The second kappa shape index (κ2) is 8.35. The van der Waals surface area contributed by atoms with E-state index in [1.54, 1.807) is 48.5 Å². The Morgan fingerprint density at radius 1 is 1.23 bits per heavy atom. The summed E-state index contributed by atoms with van der Waals surface area (Å²) < 4.78 is 6.03. The number of thioether (sulfide) groups is 1. The van der Waals surface area contributed by atoms with Crippen molar-refractivity contribution in [3.05, 3.63) is 64.0 Å². The Morgan fingerprint density at radius 3 is 2.65 bits per heavy atom.